The van der Waals surface area contributed by atoms with E-state index in [1.54, 1.807) is 11.3 Å². The van der Waals surface area contributed by atoms with Gasteiger partial charge in [-0.25, -0.2) is 10.8 Å². The van der Waals surface area contributed by atoms with Crippen LogP contribution in [-0.2, 0) is 0 Å². The van der Waals surface area contributed by atoms with Crippen molar-refractivity contribution in [2.45, 2.75) is 26.2 Å². The molecule has 2 rings (SSSR count). The lowest BCUT2D eigenvalue weighted by molar-refractivity contribution is 0.283. The van der Waals surface area contributed by atoms with Crippen molar-refractivity contribution in [2.75, 3.05) is 30.5 Å². The quantitative estimate of drug-likeness (QED) is 0.411. The predicted molar refractivity (Wildman–Crippen MR) is 84.2 cm³/mol. The maximum atomic E-state index is 8.81. The molecular weight excluding hydrogens is 274 g/mol. The number of fused-ring (bicyclic) bond motifs is 1. The van der Waals surface area contributed by atoms with Crippen LogP contribution in [0.1, 0.15) is 24.1 Å². The fraction of sp³-hybridized carbons (Fsp3) is 0.538. The summed E-state index contributed by atoms with van der Waals surface area (Å²) in [4.78, 5) is 13.1. The van der Waals surface area contributed by atoms with E-state index in [4.69, 9.17) is 10.9 Å². The maximum Gasteiger partial charge on any atom is 0.240 e. The number of nitrogen functional groups attached to an aromatic ring is 1. The van der Waals surface area contributed by atoms with E-state index in [1.807, 2.05) is 7.05 Å². The molecule has 2 heterocycles. The van der Waals surface area contributed by atoms with Gasteiger partial charge in [0, 0.05) is 25.1 Å². The average Bonchev–Trinajstić information content (AvgIpc) is 2.82. The van der Waals surface area contributed by atoms with Crippen molar-refractivity contribution in [2.24, 2.45) is 5.84 Å². The lowest BCUT2D eigenvalue weighted by Crippen LogP contribution is -2.21. The molecule has 4 N–H and O–H groups in total. The van der Waals surface area contributed by atoms with Crippen molar-refractivity contribution in [1.29, 1.82) is 0 Å². The molecule has 0 radical (unpaired) electrons. The van der Waals surface area contributed by atoms with E-state index in [9.17, 15) is 0 Å². The molecule has 20 heavy (non-hydrogen) atoms. The summed E-state index contributed by atoms with van der Waals surface area (Å²) < 4.78 is 0. The zero-order valence-electron chi connectivity index (χ0n) is 11.9. The number of unbranched alkanes of at least 4 members (excludes halogenated alkanes) is 2. The van der Waals surface area contributed by atoms with Crippen molar-refractivity contribution < 1.29 is 5.11 Å². The summed E-state index contributed by atoms with van der Waals surface area (Å²) in [5.74, 6) is 6.78. The standard InChI is InChI=1S/C13H21N5OS/c1-9-8-10-11(18(2)6-4-3-5-7-19)15-13(17-14)16-12(10)20-9/h8,19H,3-7,14H2,1-2H3,(H,15,16,17). The van der Waals surface area contributed by atoms with E-state index in [2.05, 4.69) is 33.3 Å². The fourth-order valence-electron chi connectivity index (χ4n) is 2.13. The van der Waals surface area contributed by atoms with Crippen LogP contribution in [0.15, 0.2) is 6.07 Å². The fourth-order valence-corrected chi connectivity index (χ4v) is 3.00. The Kier molecular flexibility index (Phi) is 5.11. The number of nitrogens with one attached hydrogen (secondary N) is 1. The monoisotopic (exact) mass is 295 g/mol. The van der Waals surface area contributed by atoms with Gasteiger partial charge in [-0.1, -0.05) is 0 Å². The smallest absolute Gasteiger partial charge is 0.240 e. The summed E-state index contributed by atoms with van der Waals surface area (Å²) in [5.41, 5.74) is 2.52. The molecule has 2 aromatic heterocycles. The second-order valence-electron chi connectivity index (χ2n) is 4.80. The van der Waals surface area contributed by atoms with Crippen LogP contribution in [0.4, 0.5) is 11.8 Å². The van der Waals surface area contributed by atoms with Crippen molar-refractivity contribution in [1.82, 2.24) is 9.97 Å². The topological polar surface area (TPSA) is 87.3 Å². The normalized spacial score (nSPS) is 11.0. The average molecular weight is 295 g/mol. The molecule has 0 aliphatic rings. The summed E-state index contributed by atoms with van der Waals surface area (Å²) in [5, 5.41) is 9.87. The van der Waals surface area contributed by atoms with Crippen LogP contribution in [0.5, 0.6) is 0 Å². The first-order chi connectivity index (χ1) is 9.65. The number of aryl methyl sites for hydroxylation is 1. The molecule has 0 aromatic carbocycles. The third kappa shape index (κ3) is 3.36. The minimum absolute atomic E-state index is 0.256. The molecule has 0 atom stereocenters. The van der Waals surface area contributed by atoms with Crippen LogP contribution < -0.4 is 16.2 Å². The molecule has 0 bridgehead atoms. The summed E-state index contributed by atoms with van der Waals surface area (Å²) >= 11 is 1.64. The first kappa shape index (κ1) is 15.0. The number of aliphatic hydroxyl groups excluding tert-OH is 1. The molecular formula is C13H21N5OS. The maximum absolute atomic E-state index is 8.81. The number of hydrogen-bond donors (Lipinski definition) is 3. The molecule has 6 nitrogen and oxygen atoms in total. The molecule has 0 spiro atoms. The Morgan fingerprint density at radius 2 is 2.15 bits per heavy atom. The van der Waals surface area contributed by atoms with Gasteiger partial charge in [0.25, 0.3) is 0 Å². The Hall–Kier alpha value is -1.44. The van der Waals surface area contributed by atoms with Gasteiger partial charge in [-0.05, 0) is 32.3 Å². The Labute approximate surface area is 122 Å². The molecule has 0 fully saturated rings. The van der Waals surface area contributed by atoms with Gasteiger partial charge in [-0.3, -0.25) is 5.43 Å². The van der Waals surface area contributed by atoms with Crippen LogP contribution >= 0.6 is 11.3 Å². The van der Waals surface area contributed by atoms with E-state index in [1.165, 1.54) is 4.88 Å². The van der Waals surface area contributed by atoms with E-state index >= 15 is 0 Å². The highest BCUT2D eigenvalue weighted by molar-refractivity contribution is 7.18. The van der Waals surface area contributed by atoms with Crippen LogP contribution in [-0.4, -0.2) is 35.3 Å². The summed E-state index contributed by atoms with van der Waals surface area (Å²) in [6, 6.07) is 2.11. The van der Waals surface area contributed by atoms with Crippen LogP contribution in [0.25, 0.3) is 10.2 Å². The third-order valence-corrected chi connectivity index (χ3v) is 4.08. The summed E-state index contributed by atoms with van der Waals surface area (Å²) in [6.45, 7) is 3.21. The molecule has 110 valence electrons. The molecule has 0 saturated carbocycles. The van der Waals surface area contributed by atoms with Gasteiger partial charge in [0.1, 0.15) is 10.6 Å². The highest BCUT2D eigenvalue weighted by atomic mass is 32.1. The highest BCUT2D eigenvalue weighted by Gasteiger charge is 2.13. The highest BCUT2D eigenvalue weighted by Crippen LogP contribution is 2.31. The number of nitrogens with zero attached hydrogens (tertiary/aromatic N) is 3. The van der Waals surface area contributed by atoms with Gasteiger partial charge in [-0.15, -0.1) is 11.3 Å². The number of anilines is 2. The van der Waals surface area contributed by atoms with Gasteiger partial charge in [-0.2, -0.15) is 4.98 Å². The second kappa shape index (κ2) is 6.83. The van der Waals surface area contributed by atoms with Crippen LogP contribution in [0.2, 0.25) is 0 Å². The van der Waals surface area contributed by atoms with Crippen molar-refractivity contribution in [3.8, 4) is 0 Å². The second-order valence-corrected chi connectivity index (χ2v) is 6.03. The Bertz CT molecular complexity index is 571. The number of aromatic nitrogens is 2. The van der Waals surface area contributed by atoms with Crippen LogP contribution in [0.3, 0.4) is 0 Å². The van der Waals surface area contributed by atoms with E-state index in [0.29, 0.717) is 5.95 Å². The molecule has 0 aliphatic carbocycles. The van der Waals surface area contributed by atoms with E-state index in [-0.39, 0.29) is 6.61 Å². The minimum atomic E-state index is 0.256. The summed E-state index contributed by atoms with van der Waals surface area (Å²) in [6.07, 6.45) is 2.89. The van der Waals surface area contributed by atoms with Gasteiger partial charge in [0.15, 0.2) is 0 Å². The molecule has 0 saturated heterocycles. The lowest BCUT2D eigenvalue weighted by Gasteiger charge is -2.19. The van der Waals surface area contributed by atoms with Gasteiger partial charge in [0.2, 0.25) is 5.95 Å². The Balaban J connectivity index is 2.22. The van der Waals surface area contributed by atoms with Crippen molar-refractivity contribution >= 4 is 33.3 Å². The van der Waals surface area contributed by atoms with Gasteiger partial charge in [0.05, 0.1) is 5.39 Å². The number of nitrogens with two attached hydrogens (primary N) is 1. The Morgan fingerprint density at radius 3 is 2.85 bits per heavy atom. The molecule has 0 aliphatic heterocycles. The lowest BCUT2D eigenvalue weighted by atomic mass is 10.2. The first-order valence-corrected chi connectivity index (χ1v) is 7.54. The minimum Gasteiger partial charge on any atom is -0.396 e. The molecule has 7 heteroatoms. The SMILES string of the molecule is Cc1cc2c(N(C)CCCCCO)nc(NN)nc2s1. The predicted octanol–water partition coefficient (Wildman–Crippen LogP) is 1.88. The van der Waals surface area contributed by atoms with Gasteiger partial charge < -0.3 is 10.0 Å². The zero-order valence-corrected chi connectivity index (χ0v) is 12.7. The number of thiophene rings is 1. The molecule has 0 unspecified atom stereocenters. The Morgan fingerprint density at radius 1 is 1.35 bits per heavy atom. The van der Waals surface area contributed by atoms with Gasteiger partial charge >= 0.3 is 0 Å². The number of hydrogen-bond acceptors (Lipinski definition) is 7. The zero-order chi connectivity index (χ0) is 14.5. The number of rotatable bonds is 7. The molecule has 0 amide bonds. The van der Waals surface area contributed by atoms with Crippen molar-refractivity contribution in [3.05, 3.63) is 10.9 Å². The summed E-state index contributed by atoms with van der Waals surface area (Å²) in [7, 11) is 2.02. The number of aliphatic hydroxyl groups is 1. The molecule has 2 aromatic rings. The third-order valence-electron chi connectivity index (χ3n) is 3.14. The van der Waals surface area contributed by atoms with Crippen molar-refractivity contribution in [3.63, 3.8) is 0 Å². The van der Waals surface area contributed by atoms with E-state index < -0.39 is 0 Å². The largest absolute Gasteiger partial charge is 0.396 e. The van der Waals surface area contributed by atoms with Crippen LogP contribution in [0, 0.1) is 6.92 Å². The van der Waals surface area contributed by atoms with E-state index in [0.717, 1.165) is 41.8 Å². The number of hydrazine groups is 1. The first-order valence-electron chi connectivity index (χ1n) is 6.72.